The maximum absolute atomic E-state index is 10.8. The van der Waals surface area contributed by atoms with Crippen LogP contribution in [0.15, 0.2) is 52.5 Å². The van der Waals surface area contributed by atoms with Crippen LogP contribution >= 0.6 is 23.4 Å². The van der Waals surface area contributed by atoms with Crippen LogP contribution in [-0.4, -0.2) is 11.3 Å². The fraction of sp³-hybridized carbons (Fsp3) is 0. The number of aldehydes is 1. The minimum Gasteiger partial charge on any atom is -0.298 e. The van der Waals surface area contributed by atoms with Gasteiger partial charge in [-0.1, -0.05) is 35.5 Å². The Kier molecular flexibility index (Phi) is 3.59. The molecule has 0 bridgehead atoms. The number of nitrogens with zero attached hydrogens (tertiary/aromatic N) is 1. The molecule has 4 heteroatoms. The highest BCUT2D eigenvalue weighted by Crippen LogP contribution is 2.32. The van der Waals surface area contributed by atoms with Gasteiger partial charge in [0, 0.05) is 16.7 Å². The molecule has 0 N–H and O–H groups in total. The third kappa shape index (κ3) is 2.43. The van der Waals surface area contributed by atoms with Crippen molar-refractivity contribution in [3.05, 3.63) is 53.2 Å². The first-order valence-electron chi connectivity index (χ1n) is 4.64. The summed E-state index contributed by atoms with van der Waals surface area (Å²) in [6.45, 7) is 0. The summed E-state index contributed by atoms with van der Waals surface area (Å²) in [5, 5.41) is 1.33. The summed E-state index contributed by atoms with van der Waals surface area (Å²) in [6.07, 6.45) is 2.46. The van der Waals surface area contributed by atoms with Gasteiger partial charge in [0.05, 0.1) is 5.02 Å². The molecule has 16 heavy (non-hydrogen) atoms. The zero-order chi connectivity index (χ0) is 11.4. The summed E-state index contributed by atoms with van der Waals surface area (Å²) in [5.41, 5.74) is 0.576. The molecule has 2 aromatic rings. The fourth-order valence-corrected chi connectivity index (χ4v) is 2.33. The number of aromatic nitrogens is 1. The van der Waals surface area contributed by atoms with Crippen LogP contribution in [0.5, 0.6) is 0 Å². The lowest BCUT2D eigenvalue weighted by Gasteiger charge is -2.04. The van der Waals surface area contributed by atoms with Crippen molar-refractivity contribution >= 4 is 29.6 Å². The Labute approximate surface area is 103 Å². The van der Waals surface area contributed by atoms with Crippen molar-refractivity contribution in [2.75, 3.05) is 0 Å². The summed E-state index contributed by atoms with van der Waals surface area (Å²) in [6, 6.07) is 11.0. The number of hydrogen-bond donors (Lipinski definition) is 0. The molecule has 0 saturated carbocycles. The maximum atomic E-state index is 10.8. The van der Waals surface area contributed by atoms with Crippen LogP contribution in [-0.2, 0) is 0 Å². The minimum atomic E-state index is 0.576. The van der Waals surface area contributed by atoms with E-state index in [0.717, 1.165) is 11.2 Å². The normalized spacial score (nSPS) is 10.1. The second kappa shape index (κ2) is 5.14. The molecule has 1 heterocycles. The summed E-state index contributed by atoms with van der Waals surface area (Å²) >= 11 is 7.42. The van der Waals surface area contributed by atoms with Gasteiger partial charge in [-0.25, -0.2) is 4.98 Å². The Morgan fingerprint density at radius 2 is 2.00 bits per heavy atom. The Morgan fingerprint density at radius 3 is 2.75 bits per heavy atom. The molecule has 2 nitrogen and oxygen atoms in total. The number of halogens is 1. The Morgan fingerprint density at radius 1 is 1.19 bits per heavy atom. The SMILES string of the molecule is O=Cc1cccnc1Sc1ccccc1Cl. The number of rotatable bonds is 3. The van der Waals surface area contributed by atoms with Gasteiger partial charge in [-0.2, -0.15) is 0 Å². The third-order valence-electron chi connectivity index (χ3n) is 1.97. The predicted molar refractivity (Wildman–Crippen MR) is 65.2 cm³/mol. The number of carbonyl (C=O) groups is 1. The zero-order valence-corrected chi connectivity index (χ0v) is 9.83. The summed E-state index contributed by atoms with van der Waals surface area (Å²) in [5.74, 6) is 0. The van der Waals surface area contributed by atoms with Crippen molar-refractivity contribution < 1.29 is 4.79 Å². The lowest BCUT2D eigenvalue weighted by molar-refractivity contribution is 0.112. The molecule has 0 amide bonds. The van der Waals surface area contributed by atoms with Crippen LogP contribution in [0.2, 0.25) is 5.02 Å². The lowest BCUT2D eigenvalue weighted by atomic mass is 10.3. The van der Waals surface area contributed by atoms with E-state index < -0.39 is 0 Å². The van der Waals surface area contributed by atoms with E-state index in [2.05, 4.69) is 4.98 Å². The molecule has 0 aliphatic heterocycles. The summed E-state index contributed by atoms with van der Waals surface area (Å²) in [7, 11) is 0. The van der Waals surface area contributed by atoms with E-state index in [4.69, 9.17) is 11.6 Å². The highest BCUT2D eigenvalue weighted by molar-refractivity contribution is 7.99. The van der Waals surface area contributed by atoms with Crippen LogP contribution in [0.3, 0.4) is 0 Å². The van der Waals surface area contributed by atoms with Crippen molar-refractivity contribution in [3.8, 4) is 0 Å². The van der Waals surface area contributed by atoms with E-state index in [1.54, 1.807) is 18.3 Å². The van der Waals surface area contributed by atoms with Crippen molar-refractivity contribution in [1.82, 2.24) is 4.98 Å². The molecule has 0 fully saturated rings. The molecule has 0 saturated heterocycles. The van der Waals surface area contributed by atoms with Crippen molar-refractivity contribution in [1.29, 1.82) is 0 Å². The number of pyridine rings is 1. The summed E-state index contributed by atoms with van der Waals surface area (Å²) < 4.78 is 0. The molecule has 2 rings (SSSR count). The minimum absolute atomic E-state index is 0.576. The van der Waals surface area contributed by atoms with Crippen LogP contribution in [0.1, 0.15) is 10.4 Å². The second-order valence-electron chi connectivity index (χ2n) is 3.05. The van der Waals surface area contributed by atoms with Crippen LogP contribution in [0.25, 0.3) is 0 Å². The fourth-order valence-electron chi connectivity index (χ4n) is 1.21. The van der Waals surface area contributed by atoms with E-state index >= 15 is 0 Å². The van der Waals surface area contributed by atoms with E-state index in [-0.39, 0.29) is 0 Å². The molecule has 0 spiro atoms. The topological polar surface area (TPSA) is 30.0 Å². The van der Waals surface area contributed by atoms with Crippen molar-refractivity contribution in [2.45, 2.75) is 9.92 Å². The van der Waals surface area contributed by atoms with Gasteiger partial charge >= 0.3 is 0 Å². The standard InChI is InChI=1S/C12H8ClNOS/c13-10-5-1-2-6-11(10)16-12-9(8-15)4-3-7-14-12/h1-8H. The predicted octanol–water partition coefficient (Wildman–Crippen LogP) is 3.70. The van der Waals surface area contributed by atoms with Crippen LogP contribution in [0, 0.1) is 0 Å². The first-order chi connectivity index (χ1) is 7.81. The van der Waals surface area contributed by atoms with E-state index in [1.165, 1.54) is 11.8 Å². The second-order valence-corrected chi connectivity index (χ2v) is 4.49. The molecule has 0 aliphatic rings. The van der Waals surface area contributed by atoms with Crippen molar-refractivity contribution in [3.63, 3.8) is 0 Å². The molecular formula is C12H8ClNOS. The Hall–Kier alpha value is -1.32. The Bertz CT molecular complexity index is 516. The lowest BCUT2D eigenvalue weighted by Crippen LogP contribution is -1.88. The zero-order valence-electron chi connectivity index (χ0n) is 8.26. The summed E-state index contributed by atoms with van der Waals surface area (Å²) in [4.78, 5) is 15.9. The van der Waals surface area contributed by atoms with E-state index in [9.17, 15) is 4.79 Å². The highest BCUT2D eigenvalue weighted by atomic mass is 35.5. The van der Waals surface area contributed by atoms with E-state index in [0.29, 0.717) is 15.6 Å². The highest BCUT2D eigenvalue weighted by Gasteiger charge is 2.06. The van der Waals surface area contributed by atoms with Gasteiger partial charge in [0.1, 0.15) is 5.03 Å². The maximum Gasteiger partial charge on any atom is 0.152 e. The first kappa shape index (κ1) is 11.2. The van der Waals surface area contributed by atoms with Gasteiger partial charge < -0.3 is 0 Å². The van der Waals surface area contributed by atoms with Crippen LogP contribution < -0.4 is 0 Å². The molecule has 80 valence electrons. The monoisotopic (exact) mass is 249 g/mol. The van der Waals surface area contributed by atoms with Crippen LogP contribution in [0.4, 0.5) is 0 Å². The molecule has 0 atom stereocenters. The average molecular weight is 250 g/mol. The largest absolute Gasteiger partial charge is 0.298 e. The van der Waals surface area contributed by atoms with Crippen molar-refractivity contribution in [2.24, 2.45) is 0 Å². The molecule has 0 radical (unpaired) electrons. The number of benzene rings is 1. The molecule has 1 aromatic heterocycles. The quantitative estimate of drug-likeness (QED) is 0.777. The average Bonchev–Trinajstić information content (AvgIpc) is 2.33. The number of carbonyl (C=O) groups excluding carboxylic acids is 1. The first-order valence-corrected chi connectivity index (χ1v) is 5.83. The van der Waals surface area contributed by atoms with Gasteiger partial charge in [-0.05, 0) is 24.3 Å². The number of hydrogen-bond acceptors (Lipinski definition) is 3. The third-order valence-corrected chi connectivity index (χ3v) is 3.52. The van der Waals surface area contributed by atoms with Gasteiger partial charge in [0.2, 0.25) is 0 Å². The smallest absolute Gasteiger partial charge is 0.152 e. The van der Waals surface area contributed by atoms with Gasteiger partial charge in [-0.15, -0.1) is 0 Å². The van der Waals surface area contributed by atoms with Gasteiger partial charge in [0.15, 0.2) is 6.29 Å². The molecular weight excluding hydrogens is 242 g/mol. The Balaban J connectivity index is 2.34. The van der Waals surface area contributed by atoms with Gasteiger partial charge in [-0.3, -0.25) is 4.79 Å². The molecule has 0 unspecified atom stereocenters. The van der Waals surface area contributed by atoms with E-state index in [1.807, 2.05) is 24.3 Å². The molecule has 1 aromatic carbocycles. The molecule has 0 aliphatic carbocycles. The van der Waals surface area contributed by atoms with Gasteiger partial charge in [0.25, 0.3) is 0 Å².